The van der Waals surface area contributed by atoms with Crippen LogP contribution < -0.4 is 0 Å². The summed E-state index contributed by atoms with van der Waals surface area (Å²) in [7, 11) is 0. The lowest BCUT2D eigenvalue weighted by Gasteiger charge is -2.30. The maximum absolute atomic E-state index is 9.85. The van der Waals surface area contributed by atoms with E-state index in [4.69, 9.17) is 0 Å². The molecule has 1 aromatic rings. The molecule has 2 heteroatoms. The molecule has 1 aliphatic rings. The zero-order valence-electron chi connectivity index (χ0n) is 7.48. The van der Waals surface area contributed by atoms with Crippen molar-refractivity contribution in [1.29, 1.82) is 0 Å². The molecule has 1 aromatic carbocycles. The highest BCUT2D eigenvalue weighted by atomic mass is 16.3. The van der Waals surface area contributed by atoms with Crippen LogP contribution in [-0.2, 0) is 0 Å². The number of benzene rings is 1. The molecule has 2 nitrogen and oxygen atoms in total. The SMILES string of the molecule is Oc1cccc(C(O)C2CCC2)c1. The van der Waals surface area contributed by atoms with E-state index in [1.807, 2.05) is 6.07 Å². The Morgan fingerprint density at radius 2 is 2.08 bits per heavy atom. The van der Waals surface area contributed by atoms with E-state index in [9.17, 15) is 10.2 Å². The molecular weight excluding hydrogens is 164 g/mol. The molecule has 2 N–H and O–H groups in total. The maximum Gasteiger partial charge on any atom is 0.115 e. The van der Waals surface area contributed by atoms with E-state index in [2.05, 4.69) is 0 Å². The van der Waals surface area contributed by atoms with Gasteiger partial charge < -0.3 is 10.2 Å². The normalized spacial score (nSPS) is 19.5. The van der Waals surface area contributed by atoms with Crippen LogP contribution in [0.3, 0.4) is 0 Å². The van der Waals surface area contributed by atoms with Crippen LogP contribution in [0.15, 0.2) is 24.3 Å². The average Bonchev–Trinajstić information content (AvgIpc) is 2.01. The molecule has 0 amide bonds. The third-order valence-corrected chi connectivity index (χ3v) is 2.81. The first-order valence-corrected chi connectivity index (χ1v) is 4.74. The van der Waals surface area contributed by atoms with Crippen LogP contribution in [0, 0.1) is 5.92 Å². The highest BCUT2D eigenvalue weighted by molar-refractivity contribution is 5.29. The summed E-state index contributed by atoms with van der Waals surface area (Å²) in [6.07, 6.45) is 3.05. The smallest absolute Gasteiger partial charge is 0.115 e. The third kappa shape index (κ3) is 1.68. The first kappa shape index (κ1) is 8.57. The van der Waals surface area contributed by atoms with Gasteiger partial charge in [-0.3, -0.25) is 0 Å². The minimum absolute atomic E-state index is 0.232. The molecule has 1 unspecified atom stereocenters. The summed E-state index contributed by atoms with van der Waals surface area (Å²) in [6.45, 7) is 0. The number of hydrogen-bond donors (Lipinski definition) is 2. The summed E-state index contributed by atoms with van der Waals surface area (Å²) in [4.78, 5) is 0. The van der Waals surface area contributed by atoms with E-state index in [1.54, 1.807) is 18.2 Å². The lowest BCUT2D eigenvalue weighted by Crippen LogP contribution is -2.19. The Morgan fingerprint density at radius 1 is 1.31 bits per heavy atom. The van der Waals surface area contributed by atoms with Gasteiger partial charge in [-0.1, -0.05) is 18.6 Å². The second-order valence-electron chi connectivity index (χ2n) is 3.73. The average molecular weight is 178 g/mol. The number of aliphatic hydroxyl groups is 1. The van der Waals surface area contributed by atoms with Crippen molar-refractivity contribution in [2.75, 3.05) is 0 Å². The van der Waals surface area contributed by atoms with Crippen LogP contribution in [0.25, 0.3) is 0 Å². The van der Waals surface area contributed by atoms with Gasteiger partial charge in [-0.15, -0.1) is 0 Å². The Hall–Kier alpha value is -1.02. The van der Waals surface area contributed by atoms with Crippen LogP contribution in [0.1, 0.15) is 30.9 Å². The van der Waals surface area contributed by atoms with Gasteiger partial charge in [-0.05, 0) is 36.5 Å². The Kier molecular flexibility index (Phi) is 2.23. The van der Waals surface area contributed by atoms with Gasteiger partial charge in [-0.25, -0.2) is 0 Å². The minimum atomic E-state index is -0.388. The second kappa shape index (κ2) is 3.38. The largest absolute Gasteiger partial charge is 0.508 e. The number of aliphatic hydroxyl groups excluding tert-OH is 1. The first-order chi connectivity index (χ1) is 6.27. The van der Waals surface area contributed by atoms with Crippen molar-refractivity contribution < 1.29 is 10.2 Å². The van der Waals surface area contributed by atoms with Gasteiger partial charge in [0.1, 0.15) is 5.75 Å². The molecule has 0 radical (unpaired) electrons. The van der Waals surface area contributed by atoms with Crippen molar-refractivity contribution in [3.63, 3.8) is 0 Å². The van der Waals surface area contributed by atoms with Crippen LogP contribution in [0.4, 0.5) is 0 Å². The molecule has 0 aliphatic heterocycles. The maximum atomic E-state index is 9.85. The van der Waals surface area contributed by atoms with Crippen LogP contribution in [0.2, 0.25) is 0 Å². The molecular formula is C11H14O2. The van der Waals surface area contributed by atoms with Crippen molar-refractivity contribution in [1.82, 2.24) is 0 Å². The number of phenols is 1. The van der Waals surface area contributed by atoms with E-state index in [1.165, 1.54) is 6.42 Å². The molecule has 0 spiro atoms. The topological polar surface area (TPSA) is 40.5 Å². The Balaban J connectivity index is 2.14. The van der Waals surface area contributed by atoms with Gasteiger partial charge >= 0.3 is 0 Å². The quantitative estimate of drug-likeness (QED) is 0.729. The number of hydrogen-bond acceptors (Lipinski definition) is 2. The minimum Gasteiger partial charge on any atom is -0.508 e. The predicted molar refractivity (Wildman–Crippen MR) is 50.4 cm³/mol. The fourth-order valence-corrected chi connectivity index (χ4v) is 1.74. The summed E-state index contributed by atoms with van der Waals surface area (Å²) in [5.41, 5.74) is 0.838. The molecule has 70 valence electrons. The molecule has 0 aromatic heterocycles. The van der Waals surface area contributed by atoms with Gasteiger partial charge in [-0.2, -0.15) is 0 Å². The van der Waals surface area contributed by atoms with E-state index >= 15 is 0 Å². The van der Waals surface area contributed by atoms with Crippen LogP contribution >= 0.6 is 0 Å². The number of aromatic hydroxyl groups is 1. The summed E-state index contributed by atoms with van der Waals surface area (Å²) < 4.78 is 0. The fraction of sp³-hybridized carbons (Fsp3) is 0.455. The Labute approximate surface area is 77.8 Å². The highest BCUT2D eigenvalue weighted by Gasteiger charge is 2.26. The summed E-state index contributed by atoms with van der Waals surface area (Å²) >= 11 is 0. The molecule has 13 heavy (non-hydrogen) atoms. The molecule has 1 aliphatic carbocycles. The lowest BCUT2D eigenvalue weighted by molar-refractivity contribution is 0.0619. The van der Waals surface area contributed by atoms with E-state index < -0.39 is 0 Å². The van der Waals surface area contributed by atoms with Gasteiger partial charge in [0.25, 0.3) is 0 Å². The molecule has 0 bridgehead atoms. The lowest BCUT2D eigenvalue weighted by atomic mass is 9.79. The monoisotopic (exact) mass is 178 g/mol. The van der Waals surface area contributed by atoms with Crippen molar-refractivity contribution in [2.45, 2.75) is 25.4 Å². The summed E-state index contributed by atoms with van der Waals surface area (Å²) in [5.74, 6) is 0.637. The third-order valence-electron chi connectivity index (χ3n) is 2.81. The molecule has 0 saturated heterocycles. The van der Waals surface area contributed by atoms with Gasteiger partial charge in [0.15, 0.2) is 0 Å². The zero-order chi connectivity index (χ0) is 9.26. The molecule has 0 heterocycles. The van der Waals surface area contributed by atoms with E-state index in [-0.39, 0.29) is 11.9 Å². The predicted octanol–water partition coefficient (Wildman–Crippen LogP) is 2.23. The highest BCUT2D eigenvalue weighted by Crippen LogP contribution is 2.37. The Morgan fingerprint density at radius 3 is 2.62 bits per heavy atom. The van der Waals surface area contributed by atoms with Crippen LogP contribution in [-0.4, -0.2) is 10.2 Å². The number of phenolic OH excluding ortho intramolecular Hbond substituents is 1. The second-order valence-corrected chi connectivity index (χ2v) is 3.73. The molecule has 1 atom stereocenters. The summed E-state index contributed by atoms with van der Waals surface area (Å²) in [5, 5.41) is 19.1. The fourth-order valence-electron chi connectivity index (χ4n) is 1.74. The van der Waals surface area contributed by atoms with Crippen molar-refractivity contribution in [3.8, 4) is 5.75 Å². The van der Waals surface area contributed by atoms with E-state index in [0.29, 0.717) is 5.92 Å². The van der Waals surface area contributed by atoms with Crippen molar-refractivity contribution >= 4 is 0 Å². The van der Waals surface area contributed by atoms with Gasteiger partial charge in [0.05, 0.1) is 6.10 Å². The van der Waals surface area contributed by atoms with Gasteiger partial charge in [0.2, 0.25) is 0 Å². The molecule has 1 saturated carbocycles. The van der Waals surface area contributed by atoms with E-state index in [0.717, 1.165) is 18.4 Å². The van der Waals surface area contributed by atoms with Gasteiger partial charge in [0, 0.05) is 0 Å². The molecule has 1 fully saturated rings. The standard InChI is InChI=1S/C11H14O2/c12-10-6-2-5-9(7-10)11(13)8-3-1-4-8/h2,5-8,11-13H,1,3-4H2. The Bertz CT molecular complexity index is 292. The zero-order valence-corrected chi connectivity index (χ0v) is 7.48. The number of rotatable bonds is 2. The van der Waals surface area contributed by atoms with Crippen LogP contribution in [0.5, 0.6) is 5.75 Å². The van der Waals surface area contributed by atoms with Crippen molar-refractivity contribution in [3.05, 3.63) is 29.8 Å². The first-order valence-electron chi connectivity index (χ1n) is 4.74. The summed E-state index contributed by atoms with van der Waals surface area (Å²) in [6, 6.07) is 6.90. The molecule has 2 rings (SSSR count). The van der Waals surface area contributed by atoms with Crippen molar-refractivity contribution in [2.24, 2.45) is 5.92 Å².